The van der Waals surface area contributed by atoms with Gasteiger partial charge in [-0.2, -0.15) is 0 Å². The Bertz CT molecular complexity index is 1010. The second-order valence-electron chi connectivity index (χ2n) is 6.28. The molecule has 0 aliphatic heterocycles. The van der Waals surface area contributed by atoms with Crippen molar-refractivity contribution in [2.24, 2.45) is 0 Å². The van der Waals surface area contributed by atoms with Gasteiger partial charge in [-0.25, -0.2) is 0 Å². The summed E-state index contributed by atoms with van der Waals surface area (Å²) < 4.78 is 30.4. The summed E-state index contributed by atoms with van der Waals surface area (Å²) in [5.74, 6) is -0.00289. The zero-order valence-corrected chi connectivity index (χ0v) is 16.8. The number of rotatable bonds is 7. The normalized spacial score (nSPS) is 11.6. The Morgan fingerprint density at radius 3 is 2.59 bits per heavy atom. The first-order chi connectivity index (χ1) is 14.0. The van der Waals surface area contributed by atoms with Crippen LogP contribution in [-0.2, 0) is 17.8 Å². The van der Waals surface area contributed by atoms with Crippen LogP contribution in [0, 0.1) is 6.92 Å². The molecular weight excluding hydrogens is 390 g/mol. The first kappa shape index (κ1) is 20.5. The fraction of sp³-hybridized carbons (Fsp3) is 0.143. The number of methoxy groups -OCH3 is 1. The standard InChI is InChI=1S/C21H21N3O4S/c1-15-5-8-18(9-6-15)24(29(26)27)19-12-17(7-10-20(19)28-2)21(25)23-14-16-4-3-11-22-13-16/h3-13H,14H2,1-2H3,(H,23,25)(H,26,27)/p-1. The van der Waals surface area contributed by atoms with Gasteiger partial charge < -0.3 is 14.6 Å². The van der Waals surface area contributed by atoms with E-state index in [2.05, 4.69) is 10.3 Å². The summed E-state index contributed by atoms with van der Waals surface area (Å²) in [5.41, 5.74) is 2.86. The van der Waals surface area contributed by atoms with Crippen LogP contribution in [0.15, 0.2) is 67.0 Å². The molecule has 2 aromatic carbocycles. The van der Waals surface area contributed by atoms with Crippen LogP contribution in [-0.4, -0.2) is 26.8 Å². The van der Waals surface area contributed by atoms with Crippen LogP contribution in [0.4, 0.5) is 11.4 Å². The maximum absolute atomic E-state index is 12.6. The predicted molar refractivity (Wildman–Crippen MR) is 111 cm³/mol. The van der Waals surface area contributed by atoms with Crippen molar-refractivity contribution in [2.45, 2.75) is 13.5 Å². The summed E-state index contributed by atoms with van der Waals surface area (Å²) in [6.45, 7) is 2.22. The average molecular weight is 410 g/mol. The van der Waals surface area contributed by atoms with Crippen molar-refractivity contribution in [3.05, 3.63) is 83.7 Å². The quantitative estimate of drug-likeness (QED) is 0.603. The van der Waals surface area contributed by atoms with Crippen LogP contribution < -0.4 is 14.4 Å². The van der Waals surface area contributed by atoms with Crippen molar-refractivity contribution in [3.8, 4) is 5.75 Å². The highest BCUT2D eigenvalue weighted by molar-refractivity contribution is 7.81. The topological polar surface area (TPSA) is 94.6 Å². The van der Waals surface area contributed by atoms with Crippen LogP contribution in [0.1, 0.15) is 21.5 Å². The molecule has 8 heteroatoms. The molecule has 0 spiro atoms. The monoisotopic (exact) mass is 410 g/mol. The Hall–Kier alpha value is -3.23. The van der Waals surface area contributed by atoms with Gasteiger partial charge in [-0.3, -0.25) is 18.3 Å². The van der Waals surface area contributed by atoms with E-state index in [-0.39, 0.29) is 11.6 Å². The third-order valence-electron chi connectivity index (χ3n) is 4.25. The molecule has 0 bridgehead atoms. The van der Waals surface area contributed by atoms with Gasteiger partial charge in [-0.05, 0) is 48.9 Å². The molecule has 0 aliphatic carbocycles. The first-order valence-electron chi connectivity index (χ1n) is 8.81. The molecule has 0 radical (unpaired) electrons. The number of aryl methyl sites for hydroxylation is 1. The Morgan fingerprint density at radius 2 is 1.97 bits per heavy atom. The van der Waals surface area contributed by atoms with Crippen molar-refractivity contribution in [3.63, 3.8) is 0 Å². The van der Waals surface area contributed by atoms with E-state index in [1.54, 1.807) is 42.7 Å². The van der Waals surface area contributed by atoms with Crippen molar-refractivity contribution in [1.29, 1.82) is 0 Å². The van der Waals surface area contributed by atoms with Gasteiger partial charge in [0.2, 0.25) is 0 Å². The number of carbonyl (C=O) groups excluding carboxylic acids is 1. The van der Waals surface area contributed by atoms with Crippen LogP contribution in [0.3, 0.4) is 0 Å². The molecule has 3 aromatic rings. The SMILES string of the molecule is COc1ccc(C(=O)NCc2cccnc2)cc1N(c1ccc(C)cc1)S(=O)[O-]. The number of nitrogens with one attached hydrogen (secondary N) is 1. The Labute approximate surface area is 171 Å². The largest absolute Gasteiger partial charge is 0.755 e. The van der Waals surface area contributed by atoms with Crippen molar-refractivity contribution < 1.29 is 18.3 Å². The van der Waals surface area contributed by atoms with Gasteiger partial charge in [0.1, 0.15) is 5.75 Å². The molecule has 1 amide bonds. The van der Waals surface area contributed by atoms with Crippen LogP contribution in [0.25, 0.3) is 0 Å². The summed E-state index contributed by atoms with van der Waals surface area (Å²) in [6, 6.07) is 15.3. The lowest BCUT2D eigenvalue weighted by molar-refractivity contribution is 0.0951. The molecule has 29 heavy (non-hydrogen) atoms. The molecule has 1 unspecified atom stereocenters. The molecular formula is C21H20N3O4S-. The number of pyridine rings is 1. The van der Waals surface area contributed by atoms with Gasteiger partial charge >= 0.3 is 0 Å². The zero-order valence-electron chi connectivity index (χ0n) is 16.0. The zero-order chi connectivity index (χ0) is 20.8. The molecule has 1 aromatic heterocycles. The highest BCUT2D eigenvalue weighted by atomic mass is 32.2. The smallest absolute Gasteiger partial charge is 0.251 e. The Balaban J connectivity index is 1.91. The second-order valence-corrected chi connectivity index (χ2v) is 7.08. The molecule has 0 saturated heterocycles. The van der Waals surface area contributed by atoms with E-state index in [0.29, 0.717) is 23.5 Å². The maximum atomic E-state index is 12.6. The van der Waals surface area contributed by atoms with Gasteiger partial charge in [-0.1, -0.05) is 23.8 Å². The van der Waals surface area contributed by atoms with E-state index in [1.807, 2.05) is 25.1 Å². The van der Waals surface area contributed by atoms with Crippen LogP contribution >= 0.6 is 0 Å². The summed E-state index contributed by atoms with van der Waals surface area (Å²) in [5, 5.41) is 2.80. The highest BCUT2D eigenvalue weighted by Crippen LogP contribution is 2.35. The lowest BCUT2D eigenvalue weighted by Gasteiger charge is -2.28. The lowest BCUT2D eigenvalue weighted by atomic mass is 10.1. The minimum absolute atomic E-state index is 0.249. The number of ether oxygens (including phenoxy) is 1. The molecule has 0 fully saturated rings. The molecule has 1 N–H and O–H groups in total. The average Bonchev–Trinajstić information content (AvgIpc) is 2.74. The van der Waals surface area contributed by atoms with Crippen molar-refractivity contribution in [1.82, 2.24) is 10.3 Å². The Morgan fingerprint density at radius 1 is 1.21 bits per heavy atom. The molecule has 150 valence electrons. The number of nitrogens with zero attached hydrogens (tertiary/aromatic N) is 2. The molecule has 3 rings (SSSR count). The Kier molecular flexibility index (Phi) is 6.58. The van der Waals surface area contributed by atoms with Crippen molar-refractivity contribution in [2.75, 3.05) is 11.4 Å². The third kappa shape index (κ3) is 4.98. The summed E-state index contributed by atoms with van der Waals surface area (Å²) in [6.07, 6.45) is 3.32. The third-order valence-corrected chi connectivity index (χ3v) is 4.96. The van der Waals surface area contributed by atoms with E-state index in [4.69, 9.17) is 4.74 Å². The van der Waals surface area contributed by atoms with E-state index < -0.39 is 11.3 Å². The molecule has 1 atom stereocenters. The number of anilines is 2. The number of amides is 1. The van der Waals surface area contributed by atoms with Crippen molar-refractivity contribution >= 4 is 28.5 Å². The van der Waals surface area contributed by atoms with Gasteiger partial charge in [0.15, 0.2) is 0 Å². The van der Waals surface area contributed by atoms with Gasteiger partial charge in [0.05, 0.1) is 29.8 Å². The minimum atomic E-state index is -2.62. The fourth-order valence-electron chi connectivity index (χ4n) is 2.76. The molecule has 1 heterocycles. The van der Waals surface area contributed by atoms with E-state index >= 15 is 0 Å². The molecule has 7 nitrogen and oxygen atoms in total. The molecule has 0 aliphatic rings. The summed E-state index contributed by atoms with van der Waals surface area (Å²) in [7, 11) is 1.45. The maximum Gasteiger partial charge on any atom is 0.251 e. The number of carbonyl (C=O) groups is 1. The van der Waals surface area contributed by atoms with Gasteiger partial charge in [0.25, 0.3) is 5.91 Å². The van der Waals surface area contributed by atoms with E-state index in [0.717, 1.165) is 15.4 Å². The lowest BCUT2D eigenvalue weighted by Crippen LogP contribution is -2.24. The number of hydrogen-bond acceptors (Lipinski definition) is 5. The summed E-state index contributed by atoms with van der Waals surface area (Å²) in [4.78, 5) is 16.6. The van der Waals surface area contributed by atoms with E-state index in [9.17, 15) is 13.6 Å². The first-order valence-corrected chi connectivity index (χ1v) is 9.84. The minimum Gasteiger partial charge on any atom is -0.755 e. The fourth-order valence-corrected chi connectivity index (χ4v) is 3.36. The molecule has 0 saturated carbocycles. The van der Waals surface area contributed by atoms with E-state index in [1.165, 1.54) is 13.2 Å². The van der Waals surface area contributed by atoms with Crippen LogP contribution in [0.5, 0.6) is 5.75 Å². The number of aromatic nitrogens is 1. The number of hydrogen-bond donors (Lipinski definition) is 1. The summed E-state index contributed by atoms with van der Waals surface area (Å²) >= 11 is -2.62. The second kappa shape index (κ2) is 9.31. The predicted octanol–water partition coefficient (Wildman–Crippen LogP) is 3.26. The van der Waals surface area contributed by atoms with Gasteiger partial charge in [-0.15, -0.1) is 0 Å². The van der Waals surface area contributed by atoms with Crippen LogP contribution in [0.2, 0.25) is 0 Å². The highest BCUT2D eigenvalue weighted by Gasteiger charge is 2.18. The number of benzene rings is 2. The van der Waals surface area contributed by atoms with Gasteiger partial charge in [0, 0.05) is 24.5 Å².